The molecule has 0 amide bonds. The number of nitrogens with zero attached hydrogens (tertiary/aromatic N) is 1. The predicted octanol–water partition coefficient (Wildman–Crippen LogP) is 2.41. The number of hydrogen-bond donors (Lipinski definition) is 0. The van der Waals surface area contributed by atoms with E-state index in [1.54, 1.807) is 19.9 Å². The highest BCUT2D eigenvalue weighted by atomic mass is 32.2. The lowest BCUT2D eigenvalue weighted by molar-refractivity contribution is 0.0472. The summed E-state index contributed by atoms with van der Waals surface area (Å²) in [6.45, 7) is 4.89. The van der Waals surface area contributed by atoms with Gasteiger partial charge in [0.2, 0.25) is 5.78 Å². The molecule has 0 saturated carbocycles. The standard InChI is InChI=1S/C18H21NO6S/c1-11-8-16(12(2)19(11)14-5-7-26(22,23)10-14)17(20)9-25-18(21)15-4-6-24-13(15)3/h4,6,8,14H,5,7,9-10H2,1-3H3. The second kappa shape index (κ2) is 6.75. The first-order valence-electron chi connectivity index (χ1n) is 8.33. The summed E-state index contributed by atoms with van der Waals surface area (Å²) >= 11 is 0. The first-order chi connectivity index (χ1) is 12.2. The normalized spacial score (nSPS) is 18.8. The van der Waals surface area contributed by atoms with Gasteiger partial charge in [0, 0.05) is 23.0 Å². The van der Waals surface area contributed by atoms with Gasteiger partial charge >= 0.3 is 5.97 Å². The van der Waals surface area contributed by atoms with E-state index >= 15 is 0 Å². The molecule has 0 bridgehead atoms. The van der Waals surface area contributed by atoms with Crippen molar-refractivity contribution >= 4 is 21.6 Å². The van der Waals surface area contributed by atoms with Crippen LogP contribution in [0.3, 0.4) is 0 Å². The quantitative estimate of drug-likeness (QED) is 0.585. The van der Waals surface area contributed by atoms with Crippen LogP contribution in [-0.2, 0) is 14.6 Å². The van der Waals surface area contributed by atoms with Crippen LogP contribution in [0.15, 0.2) is 22.8 Å². The molecule has 0 radical (unpaired) electrons. The van der Waals surface area contributed by atoms with E-state index in [-0.39, 0.29) is 29.9 Å². The maximum Gasteiger partial charge on any atom is 0.342 e. The molecule has 0 aliphatic carbocycles. The van der Waals surface area contributed by atoms with Crippen LogP contribution in [0.5, 0.6) is 0 Å². The van der Waals surface area contributed by atoms with Gasteiger partial charge in [0.15, 0.2) is 16.4 Å². The van der Waals surface area contributed by atoms with Crippen LogP contribution in [0.4, 0.5) is 0 Å². The molecule has 3 rings (SSSR count). The van der Waals surface area contributed by atoms with Gasteiger partial charge in [0.25, 0.3) is 0 Å². The van der Waals surface area contributed by atoms with E-state index in [9.17, 15) is 18.0 Å². The van der Waals surface area contributed by atoms with Crippen LogP contribution >= 0.6 is 0 Å². The SMILES string of the molecule is Cc1occc1C(=O)OCC(=O)c1cc(C)n(C2CCS(=O)(=O)C2)c1C. The summed E-state index contributed by atoms with van der Waals surface area (Å²) < 4.78 is 35.5. The van der Waals surface area contributed by atoms with Gasteiger partial charge in [-0.2, -0.15) is 0 Å². The number of aromatic nitrogens is 1. The van der Waals surface area contributed by atoms with E-state index in [0.29, 0.717) is 29.0 Å². The Balaban J connectivity index is 1.73. The Kier molecular flexibility index (Phi) is 4.79. The Labute approximate surface area is 151 Å². The number of ether oxygens (including phenoxy) is 1. The Morgan fingerprint density at radius 2 is 2.00 bits per heavy atom. The maximum absolute atomic E-state index is 12.5. The Hall–Kier alpha value is -2.35. The number of carbonyl (C=O) groups is 2. The van der Waals surface area contributed by atoms with Crippen LogP contribution in [0.25, 0.3) is 0 Å². The van der Waals surface area contributed by atoms with Gasteiger partial charge in [-0.15, -0.1) is 0 Å². The zero-order valence-electron chi connectivity index (χ0n) is 14.9. The van der Waals surface area contributed by atoms with Crippen LogP contribution in [0.1, 0.15) is 50.3 Å². The van der Waals surface area contributed by atoms with Gasteiger partial charge in [0.1, 0.15) is 11.3 Å². The topological polar surface area (TPSA) is 95.6 Å². The Bertz CT molecular complexity index is 966. The molecule has 2 aromatic rings. The lowest BCUT2D eigenvalue weighted by Crippen LogP contribution is -2.17. The van der Waals surface area contributed by atoms with Gasteiger partial charge in [-0.05, 0) is 39.3 Å². The summed E-state index contributed by atoms with van der Waals surface area (Å²) in [4.78, 5) is 24.5. The summed E-state index contributed by atoms with van der Waals surface area (Å²) in [7, 11) is -3.02. The van der Waals surface area contributed by atoms with Crippen molar-refractivity contribution in [3.8, 4) is 0 Å². The summed E-state index contributed by atoms with van der Waals surface area (Å²) in [5.41, 5.74) is 2.26. The van der Waals surface area contributed by atoms with Crippen molar-refractivity contribution in [1.29, 1.82) is 0 Å². The van der Waals surface area contributed by atoms with Crippen molar-refractivity contribution < 1.29 is 27.2 Å². The zero-order valence-corrected chi connectivity index (χ0v) is 15.8. The molecule has 3 heterocycles. The van der Waals surface area contributed by atoms with Crippen LogP contribution < -0.4 is 0 Å². The van der Waals surface area contributed by atoms with E-state index < -0.39 is 15.8 Å². The third-order valence-electron chi connectivity index (χ3n) is 4.77. The number of ketones is 1. The molecule has 1 atom stereocenters. The molecule has 1 saturated heterocycles. The second-order valence-electron chi connectivity index (χ2n) is 6.60. The predicted molar refractivity (Wildman–Crippen MR) is 94.3 cm³/mol. The summed E-state index contributed by atoms with van der Waals surface area (Å²) in [6.07, 6.45) is 1.93. The molecule has 1 unspecified atom stereocenters. The minimum absolute atomic E-state index is 0.0890. The van der Waals surface area contributed by atoms with Crippen molar-refractivity contribution in [1.82, 2.24) is 4.57 Å². The number of sulfone groups is 1. The lowest BCUT2D eigenvalue weighted by Gasteiger charge is -2.16. The minimum Gasteiger partial charge on any atom is -0.469 e. The van der Waals surface area contributed by atoms with Gasteiger partial charge in [0.05, 0.1) is 17.8 Å². The Morgan fingerprint density at radius 3 is 2.58 bits per heavy atom. The molecular weight excluding hydrogens is 358 g/mol. The largest absolute Gasteiger partial charge is 0.469 e. The number of furan rings is 1. The molecule has 2 aromatic heterocycles. The van der Waals surface area contributed by atoms with Gasteiger partial charge in [-0.25, -0.2) is 13.2 Å². The van der Waals surface area contributed by atoms with E-state index in [1.807, 2.05) is 11.5 Å². The summed E-state index contributed by atoms with van der Waals surface area (Å²) in [5, 5.41) is 0. The second-order valence-corrected chi connectivity index (χ2v) is 8.83. The van der Waals surface area contributed by atoms with Gasteiger partial charge in [-0.1, -0.05) is 0 Å². The number of carbonyl (C=O) groups excluding carboxylic acids is 2. The molecule has 0 N–H and O–H groups in total. The smallest absolute Gasteiger partial charge is 0.342 e. The molecular formula is C18H21NO6S. The number of aryl methyl sites for hydroxylation is 2. The first-order valence-corrected chi connectivity index (χ1v) is 10.1. The fraction of sp³-hybridized carbons (Fsp3) is 0.444. The van der Waals surface area contributed by atoms with Gasteiger partial charge in [-0.3, -0.25) is 4.79 Å². The van der Waals surface area contributed by atoms with Crippen LogP contribution in [0.2, 0.25) is 0 Å². The Morgan fingerprint density at radius 1 is 1.27 bits per heavy atom. The highest BCUT2D eigenvalue weighted by Crippen LogP contribution is 2.29. The highest BCUT2D eigenvalue weighted by molar-refractivity contribution is 7.91. The fourth-order valence-corrected chi connectivity index (χ4v) is 5.18. The number of esters is 1. The molecule has 26 heavy (non-hydrogen) atoms. The molecule has 8 heteroatoms. The molecule has 7 nitrogen and oxygen atoms in total. The molecule has 0 aromatic carbocycles. The maximum atomic E-state index is 12.5. The van der Waals surface area contributed by atoms with Gasteiger partial charge < -0.3 is 13.7 Å². The zero-order chi connectivity index (χ0) is 19.1. The van der Waals surface area contributed by atoms with Crippen LogP contribution in [-0.4, -0.2) is 42.9 Å². The van der Waals surface area contributed by atoms with Crippen molar-refractivity contribution in [2.75, 3.05) is 18.1 Å². The first kappa shape index (κ1) is 18.4. The highest BCUT2D eigenvalue weighted by Gasteiger charge is 2.31. The van der Waals surface area contributed by atoms with Crippen LogP contribution in [0, 0.1) is 20.8 Å². The minimum atomic E-state index is -3.02. The monoisotopic (exact) mass is 379 g/mol. The molecule has 1 fully saturated rings. The van der Waals surface area contributed by atoms with Crippen molar-refractivity contribution in [2.45, 2.75) is 33.2 Å². The van der Waals surface area contributed by atoms with Crippen molar-refractivity contribution in [3.63, 3.8) is 0 Å². The molecule has 0 spiro atoms. The molecule has 1 aliphatic rings. The lowest BCUT2D eigenvalue weighted by atomic mass is 10.1. The third kappa shape index (κ3) is 3.46. The van der Waals surface area contributed by atoms with E-state index in [1.165, 1.54) is 12.3 Å². The summed E-state index contributed by atoms with van der Waals surface area (Å²) in [6, 6.07) is 3.06. The third-order valence-corrected chi connectivity index (χ3v) is 6.52. The molecule has 1 aliphatic heterocycles. The number of Topliss-reactive ketones (excluding diaryl/α,β-unsaturated/α-hetero) is 1. The average Bonchev–Trinajstić information content (AvgIpc) is 3.22. The number of rotatable bonds is 5. The van der Waals surface area contributed by atoms with Crippen molar-refractivity contribution in [3.05, 3.63) is 46.7 Å². The van der Waals surface area contributed by atoms with E-state index in [0.717, 1.165) is 5.69 Å². The van der Waals surface area contributed by atoms with E-state index in [2.05, 4.69) is 0 Å². The molecule has 140 valence electrons. The van der Waals surface area contributed by atoms with Crippen molar-refractivity contribution in [2.24, 2.45) is 0 Å². The fourth-order valence-electron chi connectivity index (χ4n) is 3.48. The summed E-state index contributed by atoms with van der Waals surface area (Å²) in [5.74, 6) is -0.242. The number of hydrogen-bond acceptors (Lipinski definition) is 6. The average molecular weight is 379 g/mol. The van der Waals surface area contributed by atoms with E-state index in [4.69, 9.17) is 9.15 Å².